The minimum Gasteiger partial charge on any atom is -0.348 e. The van der Waals surface area contributed by atoms with E-state index < -0.39 is 11.8 Å². The molecular formula is C22H28N2O2. The Kier molecular flexibility index (Phi) is 6.56. The van der Waals surface area contributed by atoms with Crippen molar-refractivity contribution in [1.82, 2.24) is 5.32 Å². The molecule has 0 bridgehead atoms. The van der Waals surface area contributed by atoms with Crippen LogP contribution in [0.1, 0.15) is 38.3 Å². The lowest BCUT2D eigenvalue weighted by Gasteiger charge is -2.21. The quantitative estimate of drug-likeness (QED) is 0.659. The summed E-state index contributed by atoms with van der Waals surface area (Å²) >= 11 is 0. The Morgan fingerprint density at radius 1 is 0.962 bits per heavy atom. The first-order chi connectivity index (χ1) is 12.3. The number of hydrogen-bond donors (Lipinski definition) is 1. The molecule has 2 aromatic rings. The summed E-state index contributed by atoms with van der Waals surface area (Å²) in [5.41, 5.74) is 3.18. The third kappa shape index (κ3) is 5.45. The van der Waals surface area contributed by atoms with Crippen LogP contribution in [0.25, 0.3) is 0 Å². The van der Waals surface area contributed by atoms with Crippen LogP contribution in [0, 0.1) is 0 Å². The highest BCUT2D eigenvalue weighted by molar-refractivity contribution is 6.40. The second kappa shape index (κ2) is 8.65. The van der Waals surface area contributed by atoms with Crippen molar-refractivity contribution >= 4 is 17.5 Å². The fraction of sp³-hybridized carbons (Fsp3) is 0.364. The number of hydrogen-bond acceptors (Lipinski definition) is 2. The van der Waals surface area contributed by atoms with E-state index in [1.165, 1.54) is 16.0 Å². The molecule has 0 saturated heterocycles. The predicted octanol–water partition coefficient (Wildman–Crippen LogP) is 3.70. The number of amides is 2. The fourth-order valence-corrected chi connectivity index (χ4v) is 2.67. The molecule has 2 amide bonds. The zero-order valence-corrected chi connectivity index (χ0v) is 16.1. The van der Waals surface area contributed by atoms with Gasteiger partial charge >= 0.3 is 11.8 Å². The Labute approximate surface area is 156 Å². The number of carbonyl (C=O) groups is 2. The summed E-state index contributed by atoms with van der Waals surface area (Å²) in [5.74, 6) is -1.12. The topological polar surface area (TPSA) is 49.4 Å². The molecule has 4 heteroatoms. The van der Waals surface area contributed by atoms with Gasteiger partial charge < -0.3 is 10.2 Å². The van der Waals surface area contributed by atoms with Crippen LogP contribution >= 0.6 is 0 Å². The fourth-order valence-electron chi connectivity index (χ4n) is 2.67. The SMILES string of the molecule is CN(C(=O)C(=O)NCCCc1ccccc1)c1ccc(C(C)(C)C)cc1. The molecule has 1 N–H and O–H groups in total. The second-order valence-electron chi connectivity index (χ2n) is 7.51. The third-order valence-corrected chi connectivity index (χ3v) is 4.39. The largest absolute Gasteiger partial charge is 0.348 e. The first kappa shape index (κ1) is 19.7. The number of aryl methyl sites for hydroxylation is 1. The maximum absolute atomic E-state index is 12.3. The highest BCUT2D eigenvalue weighted by atomic mass is 16.2. The van der Waals surface area contributed by atoms with Gasteiger partial charge in [-0.1, -0.05) is 63.2 Å². The van der Waals surface area contributed by atoms with E-state index in [9.17, 15) is 9.59 Å². The van der Waals surface area contributed by atoms with Crippen molar-refractivity contribution < 1.29 is 9.59 Å². The number of nitrogens with zero attached hydrogens (tertiary/aromatic N) is 1. The van der Waals surface area contributed by atoms with E-state index in [1.54, 1.807) is 7.05 Å². The van der Waals surface area contributed by atoms with Gasteiger partial charge in [0, 0.05) is 19.3 Å². The third-order valence-electron chi connectivity index (χ3n) is 4.39. The number of rotatable bonds is 5. The van der Waals surface area contributed by atoms with Crippen LogP contribution in [0.5, 0.6) is 0 Å². The Morgan fingerprint density at radius 2 is 1.58 bits per heavy atom. The van der Waals surface area contributed by atoms with Crippen molar-refractivity contribution in [1.29, 1.82) is 0 Å². The predicted molar refractivity (Wildman–Crippen MR) is 106 cm³/mol. The van der Waals surface area contributed by atoms with Crippen molar-refractivity contribution in [2.45, 2.75) is 39.0 Å². The van der Waals surface area contributed by atoms with Crippen LogP contribution in [-0.4, -0.2) is 25.4 Å². The summed E-state index contributed by atoms with van der Waals surface area (Å²) in [6, 6.07) is 17.8. The maximum atomic E-state index is 12.3. The molecule has 0 unspecified atom stereocenters. The molecular weight excluding hydrogens is 324 g/mol. The van der Waals surface area contributed by atoms with E-state index in [2.05, 4.69) is 38.2 Å². The number of anilines is 1. The van der Waals surface area contributed by atoms with Crippen molar-refractivity contribution in [2.24, 2.45) is 0 Å². The zero-order chi connectivity index (χ0) is 19.2. The van der Waals surface area contributed by atoms with Crippen LogP contribution in [0.15, 0.2) is 54.6 Å². The number of carbonyl (C=O) groups excluding carboxylic acids is 2. The van der Waals surface area contributed by atoms with Crippen LogP contribution in [-0.2, 0) is 21.4 Å². The summed E-state index contributed by atoms with van der Waals surface area (Å²) in [4.78, 5) is 25.8. The smallest absolute Gasteiger partial charge is 0.316 e. The van der Waals surface area contributed by atoms with E-state index in [1.807, 2.05) is 42.5 Å². The van der Waals surface area contributed by atoms with Gasteiger partial charge in [-0.05, 0) is 41.5 Å². The average Bonchev–Trinajstić information content (AvgIpc) is 2.64. The maximum Gasteiger partial charge on any atom is 0.316 e. The average molecular weight is 352 g/mol. The molecule has 0 fully saturated rings. The van der Waals surface area contributed by atoms with E-state index >= 15 is 0 Å². The molecule has 0 heterocycles. The molecule has 4 nitrogen and oxygen atoms in total. The van der Waals surface area contributed by atoms with Gasteiger partial charge in [-0.3, -0.25) is 9.59 Å². The Morgan fingerprint density at radius 3 is 2.15 bits per heavy atom. The summed E-state index contributed by atoms with van der Waals surface area (Å²) in [7, 11) is 1.62. The molecule has 0 atom stereocenters. The number of benzene rings is 2. The molecule has 2 rings (SSSR count). The molecule has 0 aliphatic heterocycles. The summed E-state index contributed by atoms with van der Waals surface area (Å²) in [6.45, 7) is 6.90. The van der Waals surface area contributed by atoms with Gasteiger partial charge in [-0.15, -0.1) is 0 Å². The van der Waals surface area contributed by atoms with Gasteiger partial charge in [-0.2, -0.15) is 0 Å². The highest BCUT2D eigenvalue weighted by Gasteiger charge is 2.20. The normalized spacial score (nSPS) is 11.1. The van der Waals surface area contributed by atoms with Crippen LogP contribution in [0.3, 0.4) is 0 Å². The van der Waals surface area contributed by atoms with Crippen LogP contribution < -0.4 is 10.2 Å². The van der Waals surface area contributed by atoms with Crippen LogP contribution in [0.2, 0.25) is 0 Å². The Hall–Kier alpha value is -2.62. The lowest BCUT2D eigenvalue weighted by molar-refractivity contribution is -0.137. The van der Waals surface area contributed by atoms with Crippen molar-refractivity contribution in [2.75, 3.05) is 18.5 Å². The van der Waals surface area contributed by atoms with Gasteiger partial charge in [-0.25, -0.2) is 0 Å². The number of nitrogens with one attached hydrogen (secondary N) is 1. The molecule has 0 aliphatic rings. The van der Waals surface area contributed by atoms with E-state index in [4.69, 9.17) is 0 Å². The minimum atomic E-state index is -0.569. The monoisotopic (exact) mass is 352 g/mol. The molecule has 0 aliphatic carbocycles. The van der Waals surface area contributed by atoms with Gasteiger partial charge in [0.05, 0.1) is 0 Å². The summed E-state index contributed by atoms with van der Waals surface area (Å²) < 4.78 is 0. The first-order valence-corrected chi connectivity index (χ1v) is 8.99. The van der Waals surface area contributed by atoms with E-state index in [0.717, 1.165) is 12.8 Å². The van der Waals surface area contributed by atoms with Gasteiger partial charge in [0.1, 0.15) is 0 Å². The molecule has 0 saturated carbocycles. The van der Waals surface area contributed by atoms with Gasteiger partial charge in [0.25, 0.3) is 0 Å². The van der Waals surface area contributed by atoms with Gasteiger partial charge in [0.15, 0.2) is 0 Å². The van der Waals surface area contributed by atoms with Crippen molar-refractivity contribution in [3.05, 3.63) is 65.7 Å². The van der Waals surface area contributed by atoms with Gasteiger partial charge in [0.2, 0.25) is 0 Å². The van der Waals surface area contributed by atoms with Crippen LogP contribution in [0.4, 0.5) is 5.69 Å². The summed E-state index contributed by atoms with van der Waals surface area (Å²) in [6.07, 6.45) is 1.67. The Bertz CT molecular complexity index is 731. The Balaban J connectivity index is 1.84. The van der Waals surface area contributed by atoms with E-state index in [0.29, 0.717) is 12.2 Å². The molecule has 0 spiro atoms. The standard InChI is InChI=1S/C22H28N2O2/c1-22(2,3)18-12-14-19(15-13-18)24(4)21(26)20(25)23-16-8-11-17-9-6-5-7-10-17/h5-7,9-10,12-15H,8,11,16H2,1-4H3,(H,23,25). The highest BCUT2D eigenvalue weighted by Crippen LogP contribution is 2.24. The second-order valence-corrected chi connectivity index (χ2v) is 7.51. The van der Waals surface area contributed by atoms with Crippen molar-refractivity contribution in [3.63, 3.8) is 0 Å². The molecule has 138 valence electrons. The molecule has 2 aromatic carbocycles. The summed E-state index contributed by atoms with van der Waals surface area (Å²) in [5, 5.41) is 2.71. The number of likely N-dealkylation sites (N-methyl/N-ethyl adjacent to an activating group) is 1. The minimum absolute atomic E-state index is 0.0528. The molecule has 0 aromatic heterocycles. The van der Waals surface area contributed by atoms with E-state index in [-0.39, 0.29) is 5.41 Å². The lowest BCUT2D eigenvalue weighted by Crippen LogP contribution is -2.41. The lowest BCUT2D eigenvalue weighted by atomic mass is 9.87. The molecule has 26 heavy (non-hydrogen) atoms. The molecule has 0 radical (unpaired) electrons. The first-order valence-electron chi connectivity index (χ1n) is 8.99. The van der Waals surface area contributed by atoms with Crippen molar-refractivity contribution in [3.8, 4) is 0 Å². The zero-order valence-electron chi connectivity index (χ0n) is 16.1.